The molecule has 8 heteroatoms. The van der Waals surface area contributed by atoms with Crippen LogP contribution in [0.4, 0.5) is 5.69 Å². The van der Waals surface area contributed by atoms with E-state index in [0.29, 0.717) is 18.1 Å². The average Bonchev–Trinajstić information content (AvgIpc) is 2.84. The third-order valence-electron chi connectivity index (χ3n) is 5.54. The zero-order chi connectivity index (χ0) is 22.3. The van der Waals surface area contributed by atoms with Crippen LogP contribution in [-0.2, 0) is 9.53 Å². The van der Waals surface area contributed by atoms with Crippen molar-refractivity contribution in [2.45, 2.75) is 25.7 Å². The first-order valence-electron chi connectivity index (χ1n) is 10.7. The van der Waals surface area contributed by atoms with Crippen LogP contribution in [0.5, 0.6) is 0 Å². The molecule has 3 heterocycles. The maximum atomic E-state index is 11.1. The fourth-order valence-corrected chi connectivity index (χ4v) is 9.79. The molecule has 1 saturated heterocycles. The first kappa shape index (κ1) is 22.4. The van der Waals surface area contributed by atoms with Crippen LogP contribution in [-0.4, -0.2) is 41.7 Å². The minimum absolute atomic E-state index is 0.341. The van der Waals surface area contributed by atoms with Gasteiger partial charge >= 0.3 is 195 Å². The van der Waals surface area contributed by atoms with Crippen LogP contribution in [0.15, 0.2) is 66.9 Å². The molecule has 1 aliphatic carbocycles. The monoisotopic (exact) mass is 546 g/mol. The number of halogens is 1. The fraction of sp³-hybridized carbons (Fsp3) is 0.333. The van der Waals surface area contributed by atoms with Crippen LogP contribution >= 0.6 is 19.8 Å². The molecule has 168 valence electrons. The second kappa shape index (κ2) is 10.7. The molecule has 2 aliphatic rings. The van der Waals surface area contributed by atoms with Crippen molar-refractivity contribution < 1.29 is 14.6 Å². The molecule has 0 amide bonds. The summed E-state index contributed by atoms with van der Waals surface area (Å²) in [6, 6.07) is 6.11. The molecule has 1 aliphatic heterocycles. The number of carboxylic acid groups (broad SMARTS) is 1. The van der Waals surface area contributed by atoms with Gasteiger partial charge in [-0.25, -0.2) is 0 Å². The fourth-order valence-electron chi connectivity index (χ4n) is 3.66. The molecule has 0 spiro atoms. The summed E-state index contributed by atoms with van der Waals surface area (Å²) >= 11 is -1.25. The number of alkyl halides is 2. The molecule has 0 unspecified atom stereocenters. The predicted molar refractivity (Wildman–Crippen MR) is 133 cm³/mol. The van der Waals surface area contributed by atoms with E-state index < -0.39 is 25.8 Å². The molecule has 1 fully saturated rings. The summed E-state index contributed by atoms with van der Waals surface area (Å²) in [7, 11) is 0. The molecule has 0 atom stereocenters. The number of ether oxygens (including phenoxy) is 1. The van der Waals surface area contributed by atoms with Crippen molar-refractivity contribution in [1.82, 2.24) is 15.2 Å². The summed E-state index contributed by atoms with van der Waals surface area (Å²) in [6.07, 6.45) is 12.5. The second-order valence-electron chi connectivity index (χ2n) is 7.81. The quantitative estimate of drug-likeness (QED) is 0.280. The SMILES string of the molecule is C=C(Nc1ccc(I2CCC(COC3=CC(C(=O)O)=CCC3)CC2)nc1)c1ccnnc1. The summed E-state index contributed by atoms with van der Waals surface area (Å²) in [5.41, 5.74) is 2.94. The molecule has 32 heavy (non-hydrogen) atoms. The molecular formula is C24H27IN4O3. The van der Waals surface area contributed by atoms with Crippen LogP contribution in [0, 0.1) is 9.62 Å². The van der Waals surface area contributed by atoms with Crippen molar-refractivity contribution >= 4 is 37.2 Å². The number of carbonyl (C=O) groups is 1. The van der Waals surface area contributed by atoms with E-state index in [1.54, 1.807) is 24.5 Å². The third kappa shape index (κ3) is 5.93. The Hall–Kier alpha value is -2.75. The van der Waals surface area contributed by atoms with Crippen molar-refractivity contribution in [2.75, 3.05) is 20.8 Å². The van der Waals surface area contributed by atoms with Crippen LogP contribution in [0.2, 0.25) is 0 Å². The van der Waals surface area contributed by atoms with Gasteiger partial charge in [0.05, 0.1) is 0 Å². The Morgan fingerprint density at radius 2 is 2.06 bits per heavy atom. The molecule has 0 saturated carbocycles. The zero-order valence-electron chi connectivity index (χ0n) is 17.8. The van der Waals surface area contributed by atoms with Crippen LogP contribution < -0.4 is 5.32 Å². The van der Waals surface area contributed by atoms with E-state index in [2.05, 4.69) is 34.2 Å². The average molecular weight is 546 g/mol. The number of nitrogens with one attached hydrogen (secondary N) is 1. The van der Waals surface area contributed by atoms with Gasteiger partial charge in [0.2, 0.25) is 0 Å². The van der Waals surface area contributed by atoms with E-state index >= 15 is 0 Å². The van der Waals surface area contributed by atoms with Gasteiger partial charge in [0, 0.05) is 0 Å². The summed E-state index contributed by atoms with van der Waals surface area (Å²) in [5, 5.41) is 20.1. The molecule has 0 aromatic carbocycles. The number of allylic oxidation sites excluding steroid dienone is 2. The van der Waals surface area contributed by atoms with Crippen LogP contribution in [0.3, 0.4) is 0 Å². The molecule has 0 radical (unpaired) electrons. The van der Waals surface area contributed by atoms with Gasteiger partial charge in [0.15, 0.2) is 0 Å². The molecule has 7 nitrogen and oxygen atoms in total. The van der Waals surface area contributed by atoms with E-state index in [-0.39, 0.29) is 0 Å². The normalized spacial score (nSPS) is 17.8. The van der Waals surface area contributed by atoms with Crippen molar-refractivity contribution in [2.24, 2.45) is 5.92 Å². The zero-order valence-corrected chi connectivity index (χ0v) is 20.0. The van der Waals surface area contributed by atoms with Gasteiger partial charge in [-0.15, -0.1) is 0 Å². The number of anilines is 1. The van der Waals surface area contributed by atoms with E-state index in [9.17, 15) is 4.79 Å². The first-order chi connectivity index (χ1) is 15.6. The van der Waals surface area contributed by atoms with Gasteiger partial charge in [-0.3, -0.25) is 0 Å². The van der Waals surface area contributed by atoms with Crippen LogP contribution in [0.25, 0.3) is 5.70 Å². The number of pyridine rings is 1. The van der Waals surface area contributed by atoms with Gasteiger partial charge in [-0.2, -0.15) is 0 Å². The first-order valence-corrected chi connectivity index (χ1v) is 14.8. The molecule has 2 N–H and O–H groups in total. The Bertz CT molecular complexity index is 1010. The number of nitrogens with zero attached hydrogens (tertiary/aromatic N) is 3. The van der Waals surface area contributed by atoms with E-state index in [1.807, 2.05) is 12.3 Å². The van der Waals surface area contributed by atoms with Gasteiger partial charge in [0.1, 0.15) is 0 Å². The second-order valence-corrected chi connectivity index (χ2v) is 13.7. The maximum absolute atomic E-state index is 11.1. The van der Waals surface area contributed by atoms with Crippen molar-refractivity contribution in [3.8, 4) is 0 Å². The summed E-state index contributed by atoms with van der Waals surface area (Å²) < 4.78 is 9.73. The number of carboxylic acids is 1. The molecule has 4 rings (SSSR count). The molecule has 2 aromatic rings. The topological polar surface area (TPSA) is 97.2 Å². The Balaban J connectivity index is 1.24. The summed E-state index contributed by atoms with van der Waals surface area (Å²) in [6.45, 7) is 4.75. The standard InChI is InChI=1S/C24H27IN4O3/c1-17(20-9-12-27-28-14-20)29-21-5-6-23(26-15-21)25-10-7-18(8-11-25)16-32-22-4-2-3-19(13-22)24(30)31/h3,5-6,9,12-15,18,29H,1-2,4,7-8,10-11,16H2,(H,30,31). The van der Waals surface area contributed by atoms with Gasteiger partial charge in [-0.05, 0) is 0 Å². The number of aromatic nitrogens is 3. The predicted octanol–water partition coefficient (Wildman–Crippen LogP) is 4.75. The number of aliphatic carboxylic acids is 1. The van der Waals surface area contributed by atoms with Crippen LogP contribution in [0.1, 0.15) is 31.2 Å². The summed E-state index contributed by atoms with van der Waals surface area (Å²) in [4.78, 5) is 15.9. The molecule has 2 aromatic heterocycles. The Morgan fingerprint density at radius 1 is 1.22 bits per heavy atom. The van der Waals surface area contributed by atoms with Crippen molar-refractivity contribution in [3.05, 3.63) is 76.1 Å². The Kier molecular flexibility index (Phi) is 7.51. The molecular weight excluding hydrogens is 519 g/mol. The van der Waals surface area contributed by atoms with E-state index in [4.69, 9.17) is 14.8 Å². The van der Waals surface area contributed by atoms with E-state index in [1.165, 1.54) is 12.6 Å². The minimum atomic E-state index is -1.25. The van der Waals surface area contributed by atoms with Gasteiger partial charge < -0.3 is 0 Å². The van der Waals surface area contributed by atoms with Gasteiger partial charge in [-0.1, -0.05) is 0 Å². The summed E-state index contributed by atoms with van der Waals surface area (Å²) in [5.74, 6) is 0.465. The van der Waals surface area contributed by atoms with Gasteiger partial charge in [0.25, 0.3) is 0 Å². The third-order valence-corrected chi connectivity index (χ3v) is 11.6. The van der Waals surface area contributed by atoms with E-state index in [0.717, 1.165) is 48.4 Å². The number of rotatable bonds is 8. The van der Waals surface area contributed by atoms with Crippen molar-refractivity contribution in [1.29, 1.82) is 0 Å². The van der Waals surface area contributed by atoms with Crippen molar-refractivity contribution in [3.63, 3.8) is 0 Å². The number of hydrogen-bond acceptors (Lipinski definition) is 6. The molecule has 0 bridgehead atoms. The number of hydrogen-bond donors (Lipinski definition) is 2. The Labute approximate surface area is 195 Å². The Morgan fingerprint density at radius 3 is 2.75 bits per heavy atom.